The second-order valence-electron chi connectivity index (χ2n) is 2.60. The first-order valence-electron chi connectivity index (χ1n) is 3.66. The predicted octanol–water partition coefficient (Wildman–Crippen LogP) is 2.74. The van der Waals surface area contributed by atoms with E-state index in [9.17, 15) is 13.2 Å². The van der Waals surface area contributed by atoms with Crippen molar-refractivity contribution in [1.82, 2.24) is 0 Å². The van der Waals surface area contributed by atoms with Gasteiger partial charge in [0.05, 0.1) is 0 Å². The fraction of sp³-hybridized carbons (Fsp3) is 0.333. The molecule has 1 rings (SSSR count). The van der Waals surface area contributed by atoms with Crippen molar-refractivity contribution >= 4 is 0 Å². The lowest BCUT2D eigenvalue weighted by Crippen LogP contribution is -2.19. The van der Waals surface area contributed by atoms with E-state index in [0.29, 0.717) is 0 Å². The van der Waals surface area contributed by atoms with Crippen LogP contribution in [0.2, 0.25) is 0 Å². The molecule has 1 nitrogen and oxygen atoms in total. The maximum atomic E-state index is 11.7. The molecule has 0 saturated heterocycles. The molecule has 0 aliphatic rings. The third-order valence-electron chi connectivity index (χ3n) is 1.31. The van der Waals surface area contributed by atoms with Gasteiger partial charge in [0, 0.05) is 6.07 Å². The zero-order valence-corrected chi connectivity index (χ0v) is 6.98. The summed E-state index contributed by atoms with van der Waals surface area (Å²) in [4.78, 5) is 0. The Labute approximate surface area is 74.1 Å². The molecule has 13 heavy (non-hydrogen) atoms. The van der Waals surface area contributed by atoms with E-state index in [2.05, 4.69) is 10.8 Å². The molecular formula is C9H8F3O. The zero-order valence-electron chi connectivity index (χ0n) is 6.98. The average molecular weight is 189 g/mol. The fourth-order valence-electron chi connectivity index (χ4n) is 0.801. The lowest BCUT2D eigenvalue weighted by Gasteiger charge is -2.08. The van der Waals surface area contributed by atoms with Crippen LogP contribution in [0.25, 0.3) is 0 Å². The zero-order chi connectivity index (χ0) is 9.90. The van der Waals surface area contributed by atoms with Crippen molar-refractivity contribution in [2.75, 3.05) is 6.61 Å². The second kappa shape index (κ2) is 3.68. The van der Waals surface area contributed by atoms with Gasteiger partial charge in [-0.1, -0.05) is 12.1 Å². The van der Waals surface area contributed by atoms with Crippen LogP contribution in [0, 0.1) is 13.0 Å². The van der Waals surface area contributed by atoms with Crippen molar-refractivity contribution in [3.63, 3.8) is 0 Å². The molecule has 0 aromatic heterocycles. The van der Waals surface area contributed by atoms with Gasteiger partial charge in [0.2, 0.25) is 0 Å². The van der Waals surface area contributed by atoms with Gasteiger partial charge < -0.3 is 4.74 Å². The normalized spacial score (nSPS) is 11.4. The minimum absolute atomic E-state index is 0.123. The van der Waals surface area contributed by atoms with Gasteiger partial charge in [-0.2, -0.15) is 13.2 Å². The van der Waals surface area contributed by atoms with E-state index >= 15 is 0 Å². The lowest BCUT2D eigenvalue weighted by atomic mass is 10.2. The van der Waals surface area contributed by atoms with E-state index in [1.54, 1.807) is 19.1 Å². The van der Waals surface area contributed by atoms with Crippen molar-refractivity contribution in [2.45, 2.75) is 13.1 Å². The molecule has 0 amide bonds. The number of aryl methyl sites for hydroxylation is 1. The van der Waals surface area contributed by atoms with Gasteiger partial charge >= 0.3 is 6.18 Å². The summed E-state index contributed by atoms with van der Waals surface area (Å²) in [5, 5.41) is 0. The fourth-order valence-corrected chi connectivity index (χ4v) is 0.801. The van der Waals surface area contributed by atoms with Crippen LogP contribution in [0.15, 0.2) is 18.2 Å². The molecule has 1 radical (unpaired) electrons. The molecule has 1 aromatic rings. The summed E-state index contributed by atoms with van der Waals surface area (Å²) < 4.78 is 39.6. The number of rotatable bonds is 2. The molecule has 0 aliphatic heterocycles. The van der Waals surface area contributed by atoms with Crippen LogP contribution in [0.4, 0.5) is 13.2 Å². The minimum Gasteiger partial charge on any atom is -0.483 e. The Kier molecular flexibility index (Phi) is 2.80. The molecule has 0 spiro atoms. The smallest absolute Gasteiger partial charge is 0.422 e. The monoisotopic (exact) mass is 189 g/mol. The first-order chi connectivity index (χ1) is 5.97. The van der Waals surface area contributed by atoms with E-state index in [-0.39, 0.29) is 5.75 Å². The van der Waals surface area contributed by atoms with Crippen molar-refractivity contribution in [3.05, 3.63) is 29.8 Å². The van der Waals surface area contributed by atoms with E-state index in [1.807, 2.05) is 0 Å². The number of hydrogen-bond acceptors (Lipinski definition) is 1. The first kappa shape index (κ1) is 9.89. The van der Waals surface area contributed by atoms with E-state index in [0.717, 1.165) is 5.56 Å². The number of alkyl halides is 3. The summed E-state index contributed by atoms with van der Waals surface area (Å²) in [7, 11) is 0. The lowest BCUT2D eigenvalue weighted by molar-refractivity contribution is -0.153. The van der Waals surface area contributed by atoms with Crippen LogP contribution in [-0.2, 0) is 0 Å². The molecule has 0 fully saturated rings. The Hall–Kier alpha value is -1.19. The van der Waals surface area contributed by atoms with E-state index in [4.69, 9.17) is 0 Å². The summed E-state index contributed by atoms with van der Waals surface area (Å²) in [5.74, 6) is 0.123. The van der Waals surface area contributed by atoms with Crippen LogP contribution >= 0.6 is 0 Å². The van der Waals surface area contributed by atoms with Crippen LogP contribution < -0.4 is 4.74 Å². The second-order valence-corrected chi connectivity index (χ2v) is 2.60. The number of halogens is 3. The maximum Gasteiger partial charge on any atom is 0.422 e. The van der Waals surface area contributed by atoms with Crippen LogP contribution in [-0.4, -0.2) is 12.8 Å². The van der Waals surface area contributed by atoms with Crippen LogP contribution in [0.5, 0.6) is 5.75 Å². The van der Waals surface area contributed by atoms with Crippen molar-refractivity contribution in [3.8, 4) is 5.75 Å². The van der Waals surface area contributed by atoms with Crippen molar-refractivity contribution < 1.29 is 17.9 Å². The molecule has 4 heteroatoms. The maximum absolute atomic E-state index is 11.7. The largest absolute Gasteiger partial charge is 0.483 e. The standard InChI is InChI=1S/C9H8F3O/c1-7-3-2-4-8(5-7)13-6-9(10,11)12/h2-4H,6H2,1H3. The highest BCUT2D eigenvalue weighted by Crippen LogP contribution is 2.18. The molecule has 71 valence electrons. The third-order valence-corrected chi connectivity index (χ3v) is 1.31. The van der Waals surface area contributed by atoms with E-state index in [1.165, 1.54) is 6.07 Å². The molecule has 0 atom stereocenters. The molecule has 0 unspecified atom stereocenters. The highest BCUT2D eigenvalue weighted by atomic mass is 19.4. The van der Waals surface area contributed by atoms with Gasteiger partial charge in [-0.25, -0.2) is 0 Å². The molecule has 0 heterocycles. The molecule has 0 N–H and O–H groups in total. The Morgan fingerprint density at radius 1 is 1.38 bits per heavy atom. The van der Waals surface area contributed by atoms with Crippen molar-refractivity contribution in [2.24, 2.45) is 0 Å². The molecular weight excluding hydrogens is 181 g/mol. The molecule has 0 bridgehead atoms. The number of ether oxygens (including phenoxy) is 1. The van der Waals surface area contributed by atoms with Gasteiger partial charge in [0.1, 0.15) is 5.75 Å². The van der Waals surface area contributed by atoms with Crippen LogP contribution in [0.1, 0.15) is 5.56 Å². The van der Waals surface area contributed by atoms with Gasteiger partial charge in [-0.3, -0.25) is 0 Å². The summed E-state index contributed by atoms with van der Waals surface area (Å²) in [6.45, 7) is 0.466. The summed E-state index contributed by atoms with van der Waals surface area (Å²) in [6, 6.07) is 7.46. The van der Waals surface area contributed by atoms with Crippen molar-refractivity contribution in [1.29, 1.82) is 0 Å². The molecule has 0 saturated carbocycles. The summed E-state index contributed by atoms with van der Waals surface area (Å²) in [5.41, 5.74) is 0.750. The third kappa shape index (κ3) is 3.83. The Bertz CT molecular complexity index is 280. The van der Waals surface area contributed by atoms with Crippen LogP contribution in [0.3, 0.4) is 0 Å². The number of benzene rings is 1. The quantitative estimate of drug-likeness (QED) is 0.695. The van der Waals surface area contributed by atoms with Gasteiger partial charge in [0.25, 0.3) is 0 Å². The summed E-state index contributed by atoms with van der Waals surface area (Å²) >= 11 is 0. The topological polar surface area (TPSA) is 9.23 Å². The Morgan fingerprint density at radius 3 is 2.62 bits per heavy atom. The average Bonchev–Trinajstić information content (AvgIpc) is 2.00. The highest BCUT2D eigenvalue weighted by Gasteiger charge is 2.28. The first-order valence-corrected chi connectivity index (χ1v) is 3.66. The van der Waals surface area contributed by atoms with Gasteiger partial charge in [-0.15, -0.1) is 0 Å². The highest BCUT2D eigenvalue weighted by molar-refractivity contribution is 5.25. The Morgan fingerprint density at radius 2 is 2.08 bits per heavy atom. The SMILES string of the molecule is Cc1[c]c(OCC(F)(F)F)ccc1. The summed E-state index contributed by atoms with van der Waals surface area (Å²) in [6.07, 6.45) is -4.29. The van der Waals surface area contributed by atoms with Gasteiger partial charge in [-0.05, 0) is 18.6 Å². The molecule has 1 aromatic carbocycles. The Balaban J connectivity index is 2.55. The van der Waals surface area contributed by atoms with Gasteiger partial charge in [0.15, 0.2) is 6.61 Å². The predicted molar refractivity (Wildman–Crippen MR) is 41.6 cm³/mol. The van der Waals surface area contributed by atoms with E-state index < -0.39 is 12.8 Å². The molecule has 0 aliphatic carbocycles. The number of hydrogen-bond donors (Lipinski definition) is 0. The minimum atomic E-state index is -4.29.